The number of likely N-dealkylation sites (tertiary alicyclic amines) is 1. The van der Waals surface area contributed by atoms with Crippen LogP contribution in [0.25, 0.3) is 0 Å². The van der Waals surface area contributed by atoms with Crippen LogP contribution in [0.4, 0.5) is 5.69 Å². The number of hydrogen-bond acceptors (Lipinski definition) is 3. The van der Waals surface area contributed by atoms with Gasteiger partial charge in [0, 0.05) is 36.1 Å². The number of para-hydroxylation sites is 1. The number of anilines is 1. The highest BCUT2D eigenvalue weighted by atomic mass is 35.5. The first-order chi connectivity index (χ1) is 15.0. The maximum absolute atomic E-state index is 13.2. The Bertz CT molecular complexity index is 1270. The lowest BCUT2D eigenvalue weighted by Crippen LogP contribution is -2.39. The Hall–Kier alpha value is -3.38. The molecular formula is C24H20ClN3O3. The number of carbonyl (C=O) groups is 2. The summed E-state index contributed by atoms with van der Waals surface area (Å²) in [5.41, 5.74) is 2.05. The highest BCUT2D eigenvalue weighted by Crippen LogP contribution is 2.44. The van der Waals surface area contributed by atoms with E-state index in [0.717, 1.165) is 16.8 Å². The summed E-state index contributed by atoms with van der Waals surface area (Å²) < 4.78 is 1.48. The van der Waals surface area contributed by atoms with Gasteiger partial charge in [-0.1, -0.05) is 48.0 Å². The number of fused-ring (bicyclic) bond motifs is 2. The summed E-state index contributed by atoms with van der Waals surface area (Å²) in [6.45, 7) is 1.07. The van der Waals surface area contributed by atoms with Gasteiger partial charge in [-0.25, -0.2) is 0 Å². The number of benzene rings is 2. The van der Waals surface area contributed by atoms with Crippen LogP contribution < -0.4 is 10.9 Å². The van der Waals surface area contributed by atoms with E-state index in [1.54, 1.807) is 23.2 Å². The number of halogens is 1. The molecule has 1 spiro atoms. The minimum absolute atomic E-state index is 0.0623. The third-order valence-electron chi connectivity index (χ3n) is 6.21. The first-order valence-corrected chi connectivity index (χ1v) is 10.5. The second-order valence-corrected chi connectivity index (χ2v) is 8.44. The number of nitrogens with one attached hydrogen (secondary N) is 1. The maximum Gasteiger partial charge on any atom is 0.255 e. The van der Waals surface area contributed by atoms with Crippen molar-refractivity contribution in [2.75, 3.05) is 18.4 Å². The molecule has 2 amide bonds. The zero-order valence-electron chi connectivity index (χ0n) is 16.7. The van der Waals surface area contributed by atoms with E-state index in [2.05, 4.69) is 5.32 Å². The molecule has 2 aromatic carbocycles. The highest BCUT2D eigenvalue weighted by Gasteiger charge is 2.52. The van der Waals surface area contributed by atoms with Crippen molar-refractivity contribution in [3.8, 4) is 0 Å². The predicted octanol–water partition coefficient (Wildman–Crippen LogP) is 3.29. The first-order valence-electron chi connectivity index (χ1n) is 10.1. The third kappa shape index (κ3) is 3.24. The van der Waals surface area contributed by atoms with Crippen LogP contribution in [0.1, 0.15) is 27.9 Å². The van der Waals surface area contributed by atoms with Crippen LogP contribution in [-0.2, 0) is 16.8 Å². The van der Waals surface area contributed by atoms with Crippen LogP contribution in [0.3, 0.4) is 0 Å². The molecule has 0 aliphatic carbocycles. The van der Waals surface area contributed by atoms with Gasteiger partial charge >= 0.3 is 0 Å². The molecule has 1 N–H and O–H groups in total. The Morgan fingerprint density at radius 3 is 2.65 bits per heavy atom. The molecule has 1 aromatic heterocycles. The minimum Gasteiger partial charge on any atom is -0.337 e. The van der Waals surface area contributed by atoms with Gasteiger partial charge in [0.1, 0.15) is 0 Å². The normalized spacial score (nSPS) is 19.5. The van der Waals surface area contributed by atoms with Gasteiger partial charge in [0.05, 0.1) is 17.5 Å². The molecule has 7 heteroatoms. The number of pyridine rings is 1. The summed E-state index contributed by atoms with van der Waals surface area (Å²) in [5, 5.41) is 3.51. The van der Waals surface area contributed by atoms with Crippen LogP contribution in [-0.4, -0.2) is 34.4 Å². The van der Waals surface area contributed by atoms with E-state index in [-0.39, 0.29) is 23.9 Å². The Morgan fingerprint density at radius 1 is 1.03 bits per heavy atom. The van der Waals surface area contributed by atoms with Crippen LogP contribution in [0.5, 0.6) is 0 Å². The number of nitrogens with zero attached hydrogens (tertiary/aromatic N) is 2. The average Bonchev–Trinajstić information content (AvgIpc) is 3.34. The van der Waals surface area contributed by atoms with Crippen molar-refractivity contribution >= 4 is 29.1 Å². The fourth-order valence-electron chi connectivity index (χ4n) is 4.54. The summed E-state index contributed by atoms with van der Waals surface area (Å²) in [5.74, 6) is -0.255. The minimum atomic E-state index is -0.710. The van der Waals surface area contributed by atoms with Crippen molar-refractivity contribution in [2.24, 2.45) is 0 Å². The zero-order valence-corrected chi connectivity index (χ0v) is 17.4. The molecule has 0 saturated carbocycles. The summed E-state index contributed by atoms with van der Waals surface area (Å²) in [4.78, 5) is 40.1. The molecule has 2 aliphatic heterocycles. The van der Waals surface area contributed by atoms with Gasteiger partial charge in [-0.2, -0.15) is 0 Å². The molecule has 1 unspecified atom stereocenters. The van der Waals surface area contributed by atoms with Crippen LogP contribution >= 0.6 is 11.6 Å². The van der Waals surface area contributed by atoms with Gasteiger partial charge in [0.2, 0.25) is 5.91 Å². The predicted molar refractivity (Wildman–Crippen MR) is 119 cm³/mol. The summed E-state index contributed by atoms with van der Waals surface area (Å²) in [6.07, 6.45) is 2.14. The van der Waals surface area contributed by atoms with E-state index >= 15 is 0 Å². The Morgan fingerprint density at radius 2 is 1.81 bits per heavy atom. The van der Waals surface area contributed by atoms with Gasteiger partial charge < -0.3 is 14.8 Å². The van der Waals surface area contributed by atoms with Gasteiger partial charge in [0.25, 0.3) is 11.5 Å². The fourth-order valence-corrected chi connectivity index (χ4v) is 4.73. The van der Waals surface area contributed by atoms with E-state index in [1.807, 2.05) is 42.5 Å². The Kier molecular flexibility index (Phi) is 4.67. The van der Waals surface area contributed by atoms with Crippen molar-refractivity contribution < 1.29 is 9.59 Å². The molecule has 0 radical (unpaired) electrons. The lowest BCUT2D eigenvalue weighted by molar-refractivity contribution is -0.120. The van der Waals surface area contributed by atoms with E-state index in [1.165, 1.54) is 10.6 Å². The molecule has 156 valence electrons. The van der Waals surface area contributed by atoms with Gasteiger partial charge in [0.15, 0.2) is 0 Å². The lowest BCUT2D eigenvalue weighted by Gasteiger charge is -2.22. The monoisotopic (exact) mass is 433 g/mol. The molecule has 3 heterocycles. The van der Waals surface area contributed by atoms with Crippen LogP contribution in [0.15, 0.2) is 71.7 Å². The van der Waals surface area contributed by atoms with E-state index in [9.17, 15) is 14.4 Å². The summed E-state index contributed by atoms with van der Waals surface area (Å²) in [7, 11) is 0. The zero-order chi connectivity index (χ0) is 21.6. The molecule has 2 aliphatic rings. The maximum atomic E-state index is 13.2. The van der Waals surface area contributed by atoms with E-state index in [0.29, 0.717) is 30.1 Å². The second kappa shape index (κ2) is 7.39. The van der Waals surface area contributed by atoms with Crippen molar-refractivity contribution in [3.63, 3.8) is 0 Å². The van der Waals surface area contributed by atoms with E-state index < -0.39 is 5.41 Å². The quantitative estimate of drug-likeness (QED) is 0.689. The molecule has 5 rings (SSSR count). The Labute approximate surface area is 184 Å². The molecule has 1 saturated heterocycles. The van der Waals surface area contributed by atoms with Crippen LogP contribution in [0.2, 0.25) is 5.02 Å². The highest BCUT2D eigenvalue weighted by molar-refractivity contribution is 6.31. The molecule has 1 atom stereocenters. The molecule has 0 bridgehead atoms. The van der Waals surface area contributed by atoms with Crippen molar-refractivity contribution in [3.05, 3.63) is 98.9 Å². The summed E-state index contributed by atoms with van der Waals surface area (Å²) >= 11 is 6.23. The van der Waals surface area contributed by atoms with Crippen LogP contribution in [0, 0.1) is 0 Å². The SMILES string of the molecule is O=C(c1ccc(=O)n(Cc2ccccc2Cl)c1)N1CCC2(C1)C(=O)Nc1ccccc12. The fraction of sp³-hybridized carbons (Fsp3) is 0.208. The number of carbonyl (C=O) groups excluding carboxylic acids is 2. The van der Waals surface area contributed by atoms with Crippen molar-refractivity contribution in [1.82, 2.24) is 9.47 Å². The van der Waals surface area contributed by atoms with Gasteiger partial charge in [-0.05, 0) is 35.7 Å². The number of amides is 2. The molecule has 1 fully saturated rings. The average molecular weight is 434 g/mol. The molecule has 6 nitrogen and oxygen atoms in total. The largest absolute Gasteiger partial charge is 0.337 e. The Balaban J connectivity index is 1.41. The van der Waals surface area contributed by atoms with Crippen molar-refractivity contribution in [1.29, 1.82) is 0 Å². The summed E-state index contributed by atoms with van der Waals surface area (Å²) in [6, 6.07) is 17.9. The standard InChI is InChI=1S/C24H20ClN3O3/c25-19-7-3-1-5-16(19)13-28-14-17(9-10-21(28)29)22(30)27-12-11-24(15-27)18-6-2-4-8-20(18)26-23(24)31/h1-10,14H,11-13,15H2,(H,26,31). The smallest absolute Gasteiger partial charge is 0.255 e. The first kappa shape index (κ1) is 19.6. The molecular weight excluding hydrogens is 414 g/mol. The lowest BCUT2D eigenvalue weighted by atomic mass is 9.81. The second-order valence-electron chi connectivity index (χ2n) is 8.03. The number of hydrogen-bond donors (Lipinski definition) is 1. The number of rotatable bonds is 3. The topological polar surface area (TPSA) is 71.4 Å². The van der Waals surface area contributed by atoms with Crippen molar-refractivity contribution in [2.45, 2.75) is 18.4 Å². The molecule has 31 heavy (non-hydrogen) atoms. The van der Waals surface area contributed by atoms with E-state index in [4.69, 9.17) is 11.6 Å². The third-order valence-corrected chi connectivity index (χ3v) is 6.58. The van der Waals surface area contributed by atoms with Gasteiger partial charge in [-0.15, -0.1) is 0 Å². The van der Waals surface area contributed by atoms with Gasteiger partial charge in [-0.3, -0.25) is 14.4 Å². The molecule has 3 aromatic rings. The number of aromatic nitrogens is 1.